The highest BCUT2D eigenvalue weighted by Crippen LogP contribution is 2.38. The van der Waals surface area contributed by atoms with Crippen LogP contribution in [0.15, 0.2) is 30.3 Å². The van der Waals surface area contributed by atoms with Crippen molar-refractivity contribution >= 4 is 51.6 Å². The second-order valence-electron chi connectivity index (χ2n) is 12.7. The number of hydrogen-bond donors (Lipinski definition) is 0. The number of aromatic nitrogens is 2. The summed E-state index contributed by atoms with van der Waals surface area (Å²) in [7, 11) is -2.55. The van der Waals surface area contributed by atoms with Gasteiger partial charge in [-0.15, -0.1) is 0 Å². The van der Waals surface area contributed by atoms with Crippen LogP contribution in [0.1, 0.15) is 65.7 Å². The Morgan fingerprint density at radius 1 is 0.786 bits per heavy atom. The Morgan fingerprint density at radius 2 is 1.24 bits per heavy atom. The van der Waals surface area contributed by atoms with Gasteiger partial charge in [0.05, 0.1) is 12.7 Å². The van der Waals surface area contributed by atoms with Crippen LogP contribution in [0, 0.1) is 11.9 Å². The quantitative estimate of drug-likeness (QED) is 0.126. The number of methoxy groups -OCH3 is 1. The summed E-state index contributed by atoms with van der Waals surface area (Å²) >= 11 is 10.9. The van der Waals surface area contributed by atoms with Crippen molar-refractivity contribution in [1.29, 1.82) is 0 Å². The third kappa shape index (κ3) is 13.3. The van der Waals surface area contributed by atoms with E-state index in [4.69, 9.17) is 32.1 Å². The van der Waals surface area contributed by atoms with Gasteiger partial charge in [0.1, 0.15) is 22.5 Å². The summed E-state index contributed by atoms with van der Waals surface area (Å²) in [6, 6.07) is 7.01. The van der Waals surface area contributed by atoms with Gasteiger partial charge in [-0.05, 0) is 74.4 Å². The number of rotatable bonds is 7. The molecular weight excluding hydrogens is 621 g/mol. The maximum Gasteiger partial charge on any atom is 0.333 e. The Bertz CT molecular complexity index is 1170. The van der Waals surface area contributed by atoms with Crippen molar-refractivity contribution in [2.24, 2.45) is 0 Å². The first-order chi connectivity index (χ1) is 18.9. The highest BCUT2D eigenvalue weighted by Gasteiger charge is 2.41. The van der Waals surface area contributed by atoms with Crippen molar-refractivity contribution in [2.75, 3.05) is 7.11 Å². The zero-order valence-corrected chi connectivity index (χ0v) is 30.5. The van der Waals surface area contributed by atoms with Crippen LogP contribution in [0.2, 0.25) is 46.6 Å². The summed E-state index contributed by atoms with van der Waals surface area (Å²) < 4.78 is 42.1. The molecule has 0 aromatic carbocycles. The molecule has 0 saturated carbocycles. The number of nitrogens with zero attached hydrogens (tertiary/aromatic N) is 2. The maximum atomic E-state index is 13.7. The number of carbonyl (C=O) groups excluding carboxylic acids is 2. The van der Waals surface area contributed by atoms with E-state index in [2.05, 4.69) is 69.3 Å². The molecule has 2 unspecified atom stereocenters. The third-order valence-corrected chi connectivity index (χ3v) is 16.8. The normalized spacial score (nSPS) is 13.5. The minimum Gasteiger partial charge on any atom is -0.467 e. The monoisotopic (exact) mass is 666 g/mol. The number of pyridine rings is 2. The fourth-order valence-corrected chi connectivity index (χ4v) is 5.67. The molecule has 7 nitrogen and oxygen atoms in total. The predicted octanol–water partition coefficient (Wildman–Crippen LogP) is 8.91. The van der Waals surface area contributed by atoms with Gasteiger partial charge in [0.2, 0.25) is 11.9 Å². The van der Waals surface area contributed by atoms with E-state index in [0.717, 1.165) is 0 Å². The van der Waals surface area contributed by atoms with Gasteiger partial charge < -0.3 is 13.6 Å². The minimum absolute atomic E-state index is 0.0155. The molecule has 238 valence electrons. The fraction of sp³-hybridized carbons (Fsp3) is 0.586. The molecule has 0 bridgehead atoms. The molecule has 0 radical (unpaired) electrons. The van der Waals surface area contributed by atoms with E-state index < -0.39 is 46.5 Å². The van der Waals surface area contributed by atoms with Gasteiger partial charge in [-0.25, -0.2) is 14.8 Å². The summed E-state index contributed by atoms with van der Waals surface area (Å²) in [6.07, 6.45) is -1.16. The first-order valence-corrected chi connectivity index (χ1v) is 20.0. The summed E-state index contributed by atoms with van der Waals surface area (Å²) in [4.78, 5) is 30.2. The lowest BCUT2D eigenvalue weighted by Crippen LogP contribution is -2.45. The lowest BCUT2D eigenvalue weighted by molar-refractivity contribution is -0.148. The molecule has 13 heteroatoms. The van der Waals surface area contributed by atoms with Crippen molar-refractivity contribution in [3.63, 3.8) is 0 Å². The minimum atomic E-state index is -2.08. The van der Waals surface area contributed by atoms with E-state index in [9.17, 15) is 18.4 Å². The maximum absolute atomic E-state index is 13.7. The zero-order chi connectivity index (χ0) is 33.3. The molecule has 2 aromatic rings. The number of ether oxygens (including phenoxy) is 1. The molecule has 0 spiro atoms. The van der Waals surface area contributed by atoms with E-state index in [1.807, 2.05) is 13.1 Å². The molecule has 0 aliphatic carbocycles. The first kappa shape index (κ1) is 40.2. The zero-order valence-electron chi connectivity index (χ0n) is 27.0. The molecule has 2 aromatic heterocycles. The second kappa shape index (κ2) is 16.3. The standard InChI is InChI=1S/C14H21ClFNO2Si.C10H22O3Si.C5H3ClFN/c1-9(19-20(5,6)14(2,3)4)12(18)10-7-8-11(15)17-13(10)16;1-8(9(11)12-5)13-14(6,7)10(2,3)4;6-4-2-1-3-5(7)8-4/h7-9H,1-6H3;8H,1-7H3;1-3H. The summed E-state index contributed by atoms with van der Waals surface area (Å²) in [5.74, 6) is -2.10. The van der Waals surface area contributed by atoms with Crippen molar-refractivity contribution < 1.29 is 32.0 Å². The van der Waals surface area contributed by atoms with E-state index >= 15 is 0 Å². The van der Waals surface area contributed by atoms with Gasteiger partial charge in [-0.1, -0.05) is 70.8 Å². The van der Waals surface area contributed by atoms with Crippen LogP contribution >= 0.6 is 23.2 Å². The predicted molar refractivity (Wildman–Crippen MR) is 170 cm³/mol. The molecule has 42 heavy (non-hydrogen) atoms. The molecule has 0 fully saturated rings. The number of halogens is 4. The first-order valence-electron chi connectivity index (χ1n) is 13.4. The number of esters is 1. The highest BCUT2D eigenvalue weighted by atomic mass is 35.5. The summed E-state index contributed by atoms with van der Waals surface area (Å²) in [5.41, 5.74) is -0.0828. The van der Waals surface area contributed by atoms with E-state index in [1.54, 1.807) is 13.8 Å². The van der Waals surface area contributed by atoms with Gasteiger partial charge in [0.15, 0.2) is 22.4 Å². The smallest absolute Gasteiger partial charge is 0.333 e. The third-order valence-electron chi connectivity index (χ3n) is 7.22. The van der Waals surface area contributed by atoms with Gasteiger partial charge in [0, 0.05) is 0 Å². The Balaban J connectivity index is 0.000000660. The topological polar surface area (TPSA) is 87.6 Å². The Morgan fingerprint density at radius 3 is 1.60 bits per heavy atom. The average molecular weight is 668 g/mol. The molecule has 0 amide bonds. The Labute approximate surface area is 261 Å². The van der Waals surface area contributed by atoms with Crippen LogP contribution in [0.4, 0.5) is 8.78 Å². The number of carbonyl (C=O) groups is 2. The van der Waals surface area contributed by atoms with E-state index in [1.165, 1.54) is 37.4 Å². The van der Waals surface area contributed by atoms with Crippen molar-refractivity contribution in [3.8, 4) is 0 Å². The molecule has 0 aliphatic rings. The number of hydrogen-bond acceptors (Lipinski definition) is 7. The number of Topliss-reactive ketones (excluding diaryl/α,β-unsaturated/α-hetero) is 1. The van der Waals surface area contributed by atoms with Crippen LogP contribution in [-0.4, -0.2) is 57.7 Å². The lowest BCUT2D eigenvalue weighted by Gasteiger charge is -2.38. The van der Waals surface area contributed by atoms with Gasteiger partial charge >= 0.3 is 5.97 Å². The molecular formula is C29H46Cl2F2N2O5Si2. The average Bonchev–Trinajstić information content (AvgIpc) is 2.81. The van der Waals surface area contributed by atoms with Crippen LogP contribution in [0.25, 0.3) is 0 Å². The van der Waals surface area contributed by atoms with E-state index in [-0.39, 0.29) is 31.9 Å². The van der Waals surface area contributed by atoms with Crippen molar-refractivity contribution in [2.45, 2.75) is 104 Å². The Hall–Kier alpha value is -1.77. The van der Waals surface area contributed by atoms with Crippen LogP contribution in [-0.2, 0) is 18.4 Å². The summed E-state index contributed by atoms with van der Waals surface area (Å²) in [5, 5.41) is 0.315. The molecule has 0 saturated heterocycles. The molecule has 0 N–H and O–H groups in total. The molecule has 0 aliphatic heterocycles. The van der Waals surface area contributed by atoms with E-state index in [0.29, 0.717) is 0 Å². The lowest BCUT2D eigenvalue weighted by atomic mass is 10.1. The Kier molecular flexibility index (Phi) is 15.7. The van der Waals surface area contributed by atoms with Crippen molar-refractivity contribution in [1.82, 2.24) is 9.97 Å². The SMILES string of the molecule is CC(O[Si](C)(C)C(C)(C)C)C(=O)c1ccc(Cl)nc1F.COC(=O)C(C)O[Si](C)(C)C(C)(C)C.Fc1cccc(Cl)n1. The van der Waals surface area contributed by atoms with Crippen LogP contribution in [0.3, 0.4) is 0 Å². The second-order valence-corrected chi connectivity index (χ2v) is 23.0. The fourth-order valence-electron chi connectivity index (χ4n) is 2.70. The number of ketones is 1. The highest BCUT2D eigenvalue weighted by molar-refractivity contribution is 6.74. The van der Waals surface area contributed by atoms with Gasteiger partial charge in [0.25, 0.3) is 0 Å². The summed E-state index contributed by atoms with van der Waals surface area (Å²) in [6.45, 7) is 24.4. The van der Waals surface area contributed by atoms with Gasteiger partial charge in [-0.2, -0.15) is 8.78 Å². The molecule has 2 rings (SSSR count). The molecule has 2 atom stereocenters. The largest absolute Gasteiger partial charge is 0.467 e. The van der Waals surface area contributed by atoms with Crippen LogP contribution < -0.4 is 0 Å². The van der Waals surface area contributed by atoms with Crippen molar-refractivity contribution in [3.05, 3.63) is 58.1 Å². The van der Waals surface area contributed by atoms with Crippen LogP contribution in [0.5, 0.6) is 0 Å². The van der Waals surface area contributed by atoms with Gasteiger partial charge in [-0.3, -0.25) is 4.79 Å². The molecule has 2 heterocycles.